The molecule has 0 radical (unpaired) electrons. The Balaban J connectivity index is 1.99. The van der Waals surface area contributed by atoms with Crippen LogP contribution in [0.25, 0.3) is 0 Å². The lowest BCUT2D eigenvalue weighted by molar-refractivity contribution is 0.315. The maximum Gasteiger partial charge on any atom is 0.0947 e. The van der Waals surface area contributed by atoms with Gasteiger partial charge in [0.15, 0.2) is 0 Å². The zero-order valence-corrected chi connectivity index (χ0v) is 13.5. The summed E-state index contributed by atoms with van der Waals surface area (Å²) in [5, 5.41) is 3.56. The Morgan fingerprint density at radius 2 is 1.76 bits per heavy atom. The van der Waals surface area contributed by atoms with E-state index < -0.39 is 0 Å². The van der Waals surface area contributed by atoms with Crippen LogP contribution in [0.2, 0.25) is 0 Å². The quantitative estimate of drug-likeness (QED) is 0.875. The molecule has 2 rings (SSSR count). The molecular formula is C18H26N2O. The van der Waals surface area contributed by atoms with E-state index in [1.807, 2.05) is 12.3 Å². The highest BCUT2D eigenvalue weighted by molar-refractivity contribution is 5.27. The standard InChI is InChI=1S/C18H26N2O/c1-18(2,3)19-11-16-7-5-6-8-17(16)13-20(4)12-15-9-10-21-14-15/h5-10,14,19H,11-13H2,1-4H3. The van der Waals surface area contributed by atoms with Crippen molar-refractivity contribution in [2.45, 2.75) is 45.9 Å². The third kappa shape index (κ3) is 5.37. The van der Waals surface area contributed by atoms with Crippen molar-refractivity contribution in [1.82, 2.24) is 10.2 Å². The van der Waals surface area contributed by atoms with Gasteiger partial charge in [0.25, 0.3) is 0 Å². The summed E-state index contributed by atoms with van der Waals surface area (Å²) in [6.07, 6.45) is 3.54. The molecule has 114 valence electrons. The molecule has 2 aromatic rings. The van der Waals surface area contributed by atoms with Gasteiger partial charge in [-0.3, -0.25) is 4.90 Å². The Hall–Kier alpha value is -1.58. The minimum absolute atomic E-state index is 0.135. The first-order chi connectivity index (χ1) is 9.94. The molecule has 0 unspecified atom stereocenters. The predicted octanol–water partition coefficient (Wildman–Crippen LogP) is 3.80. The minimum Gasteiger partial charge on any atom is -0.472 e. The zero-order chi connectivity index (χ0) is 15.3. The molecule has 1 heterocycles. The molecule has 3 heteroatoms. The van der Waals surface area contributed by atoms with Crippen LogP contribution in [0.15, 0.2) is 47.3 Å². The van der Waals surface area contributed by atoms with Crippen LogP contribution in [0.3, 0.4) is 0 Å². The third-order valence-electron chi connectivity index (χ3n) is 3.40. The van der Waals surface area contributed by atoms with E-state index in [4.69, 9.17) is 4.42 Å². The summed E-state index contributed by atoms with van der Waals surface area (Å²) in [6, 6.07) is 10.7. The Kier molecular flexibility index (Phi) is 5.21. The van der Waals surface area contributed by atoms with E-state index in [0.717, 1.165) is 19.6 Å². The van der Waals surface area contributed by atoms with Crippen LogP contribution in [0.1, 0.15) is 37.5 Å². The third-order valence-corrected chi connectivity index (χ3v) is 3.40. The summed E-state index contributed by atoms with van der Waals surface area (Å²) in [4.78, 5) is 2.31. The maximum atomic E-state index is 5.13. The van der Waals surface area contributed by atoms with Crippen LogP contribution < -0.4 is 5.32 Å². The molecule has 1 aromatic heterocycles. The van der Waals surface area contributed by atoms with E-state index in [1.54, 1.807) is 6.26 Å². The van der Waals surface area contributed by atoms with E-state index >= 15 is 0 Å². The molecule has 1 aromatic carbocycles. The molecule has 0 atom stereocenters. The lowest BCUT2D eigenvalue weighted by Crippen LogP contribution is -2.35. The minimum atomic E-state index is 0.135. The second-order valence-corrected chi connectivity index (χ2v) is 6.68. The van der Waals surface area contributed by atoms with E-state index in [1.165, 1.54) is 16.7 Å². The summed E-state index contributed by atoms with van der Waals surface area (Å²) >= 11 is 0. The predicted molar refractivity (Wildman–Crippen MR) is 86.9 cm³/mol. The number of hydrogen-bond acceptors (Lipinski definition) is 3. The molecule has 3 nitrogen and oxygen atoms in total. The molecule has 0 saturated carbocycles. The van der Waals surface area contributed by atoms with Crippen LogP contribution in [-0.4, -0.2) is 17.5 Å². The largest absolute Gasteiger partial charge is 0.472 e. The number of furan rings is 1. The molecule has 0 saturated heterocycles. The SMILES string of the molecule is CN(Cc1ccoc1)Cc1ccccc1CNC(C)(C)C. The topological polar surface area (TPSA) is 28.4 Å². The van der Waals surface area contributed by atoms with Gasteiger partial charge in [-0.2, -0.15) is 0 Å². The van der Waals surface area contributed by atoms with Crippen molar-refractivity contribution in [3.8, 4) is 0 Å². The average molecular weight is 286 g/mol. The van der Waals surface area contributed by atoms with Gasteiger partial charge in [-0.15, -0.1) is 0 Å². The number of nitrogens with one attached hydrogen (secondary N) is 1. The van der Waals surface area contributed by atoms with Crippen molar-refractivity contribution in [1.29, 1.82) is 0 Å². The first kappa shape index (κ1) is 15.8. The van der Waals surface area contributed by atoms with E-state index in [2.05, 4.69) is 62.3 Å². The van der Waals surface area contributed by atoms with Crippen LogP contribution in [0, 0.1) is 0 Å². The molecule has 0 spiro atoms. The molecule has 21 heavy (non-hydrogen) atoms. The molecule has 0 bridgehead atoms. The van der Waals surface area contributed by atoms with Gasteiger partial charge < -0.3 is 9.73 Å². The first-order valence-corrected chi connectivity index (χ1v) is 7.45. The number of hydrogen-bond donors (Lipinski definition) is 1. The molecule has 1 N–H and O–H groups in total. The summed E-state index contributed by atoms with van der Waals surface area (Å²) in [5.41, 5.74) is 4.09. The summed E-state index contributed by atoms with van der Waals surface area (Å²) in [6.45, 7) is 9.33. The molecular weight excluding hydrogens is 260 g/mol. The van der Waals surface area contributed by atoms with Gasteiger partial charge in [0, 0.05) is 30.7 Å². The molecule has 0 amide bonds. The van der Waals surface area contributed by atoms with E-state index in [0.29, 0.717) is 0 Å². The maximum absolute atomic E-state index is 5.13. The van der Waals surface area contributed by atoms with Crippen LogP contribution >= 0.6 is 0 Å². The Morgan fingerprint density at radius 3 is 2.38 bits per heavy atom. The Morgan fingerprint density at radius 1 is 1.05 bits per heavy atom. The fourth-order valence-electron chi connectivity index (χ4n) is 2.29. The molecule has 0 fully saturated rings. The van der Waals surface area contributed by atoms with Crippen molar-refractivity contribution in [3.05, 3.63) is 59.5 Å². The summed E-state index contributed by atoms with van der Waals surface area (Å²) in [5.74, 6) is 0. The van der Waals surface area contributed by atoms with Gasteiger partial charge >= 0.3 is 0 Å². The second kappa shape index (κ2) is 6.92. The normalized spacial score (nSPS) is 12.0. The van der Waals surface area contributed by atoms with E-state index in [9.17, 15) is 0 Å². The summed E-state index contributed by atoms with van der Waals surface area (Å²) < 4.78 is 5.13. The van der Waals surface area contributed by atoms with Crippen LogP contribution in [0.4, 0.5) is 0 Å². The smallest absolute Gasteiger partial charge is 0.0947 e. The molecule has 0 aliphatic rings. The van der Waals surface area contributed by atoms with Crippen LogP contribution in [0.5, 0.6) is 0 Å². The second-order valence-electron chi connectivity index (χ2n) is 6.68. The van der Waals surface area contributed by atoms with Crippen molar-refractivity contribution in [2.24, 2.45) is 0 Å². The monoisotopic (exact) mass is 286 g/mol. The fraction of sp³-hybridized carbons (Fsp3) is 0.444. The summed E-state index contributed by atoms with van der Waals surface area (Å²) in [7, 11) is 2.14. The van der Waals surface area contributed by atoms with Crippen molar-refractivity contribution < 1.29 is 4.42 Å². The van der Waals surface area contributed by atoms with Gasteiger partial charge in [0.1, 0.15) is 0 Å². The highest BCUT2D eigenvalue weighted by Gasteiger charge is 2.11. The highest BCUT2D eigenvalue weighted by atomic mass is 16.3. The van der Waals surface area contributed by atoms with Gasteiger partial charge in [0.2, 0.25) is 0 Å². The number of benzene rings is 1. The van der Waals surface area contributed by atoms with Crippen LogP contribution in [-0.2, 0) is 19.6 Å². The zero-order valence-electron chi connectivity index (χ0n) is 13.5. The number of nitrogens with zero attached hydrogens (tertiary/aromatic N) is 1. The Labute approximate surface area is 128 Å². The van der Waals surface area contributed by atoms with Crippen molar-refractivity contribution in [3.63, 3.8) is 0 Å². The molecule has 0 aliphatic carbocycles. The average Bonchev–Trinajstić information content (AvgIpc) is 2.89. The lowest BCUT2D eigenvalue weighted by atomic mass is 10.0. The first-order valence-electron chi connectivity index (χ1n) is 7.45. The van der Waals surface area contributed by atoms with Crippen molar-refractivity contribution >= 4 is 0 Å². The van der Waals surface area contributed by atoms with Gasteiger partial charge in [0.05, 0.1) is 12.5 Å². The van der Waals surface area contributed by atoms with E-state index in [-0.39, 0.29) is 5.54 Å². The van der Waals surface area contributed by atoms with Crippen molar-refractivity contribution in [2.75, 3.05) is 7.05 Å². The van der Waals surface area contributed by atoms with Gasteiger partial charge in [-0.1, -0.05) is 24.3 Å². The lowest BCUT2D eigenvalue weighted by Gasteiger charge is -2.23. The Bertz CT molecular complexity index is 541. The van der Waals surface area contributed by atoms with Gasteiger partial charge in [-0.25, -0.2) is 0 Å². The van der Waals surface area contributed by atoms with Gasteiger partial charge in [-0.05, 0) is 45.0 Å². The fourth-order valence-corrected chi connectivity index (χ4v) is 2.29. The number of rotatable bonds is 6. The highest BCUT2D eigenvalue weighted by Crippen LogP contribution is 2.14. The molecule has 0 aliphatic heterocycles.